The Morgan fingerprint density at radius 1 is 1.03 bits per heavy atom. The molecule has 0 aliphatic carbocycles. The molecular weight excluding hydrogens is 454 g/mol. The lowest BCUT2D eigenvalue weighted by molar-refractivity contribution is 0.315. The van der Waals surface area contributed by atoms with Gasteiger partial charge in [0.15, 0.2) is 5.82 Å². The summed E-state index contributed by atoms with van der Waals surface area (Å²) >= 11 is 1.66. The monoisotopic (exact) mass is 483 g/mol. The lowest BCUT2D eigenvalue weighted by Gasteiger charge is -2.24. The summed E-state index contributed by atoms with van der Waals surface area (Å²) in [6, 6.07) is 21.8. The zero-order valence-corrected chi connectivity index (χ0v) is 20.8. The molecule has 1 saturated heterocycles. The minimum atomic E-state index is 0.132. The molecule has 2 aliphatic heterocycles. The Morgan fingerprint density at radius 3 is 2.74 bits per heavy atom. The van der Waals surface area contributed by atoms with Crippen LogP contribution in [0.5, 0.6) is 0 Å². The van der Waals surface area contributed by atoms with Crippen molar-refractivity contribution in [3.05, 3.63) is 71.6 Å². The van der Waals surface area contributed by atoms with Crippen LogP contribution in [0.25, 0.3) is 10.2 Å². The molecule has 0 amide bonds. The highest BCUT2D eigenvalue weighted by molar-refractivity contribution is 7.17. The molecule has 8 heteroatoms. The molecule has 2 aliphatic rings. The van der Waals surface area contributed by atoms with Crippen molar-refractivity contribution in [1.29, 1.82) is 0 Å². The van der Waals surface area contributed by atoms with Crippen LogP contribution in [0.15, 0.2) is 71.1 Å². The summed E-state index contributed by atoms with van der Waals surface area (Å²) in [6.07, 6.45) is 4.02. The molecule has 6 rings (SSSR count). The van der Waals surface area contributed by atoms with Crippen LogP contribution in [0.2, 0.25) is 0 Å². The Kier molecular flexibility index (Phi) is 5.83. The number of hydrogen-bond acceptors (Lipinski definition) is 8. The number of likely N-dealkylation sites (N-methyl/N-ethyl adjacent to an activating group) is 1. The van der Waals surface area contributed by atoms with Gasteiger partial charge in [-0.05, 0) is 55.7 Å². The predicted octanol–water partition coefficient (Wildman–Crippen LogP) is 5.51. The van der Waals surface area contributed by atoms with Gasteiger partial charge in [-0.15, -0.1) is 11.3 Å². The summed E-state index contributed by atoms with van der Waals surface area (Å²) in [5, 5.41) is 12.3. The van der Waals surface area contributed by atoms with E-state index in [2.05, 4.69) is 89.2 Å². The van der Waals surface area contributed by atoms with Gasteiger partial charge in [-0.3, -0.25) is 0 Å². The van der Waals surface area contributed by atoms with Gasteiger partial charge in [0.2, 0.25) is 5.95 Å². The molecule has 7 nitrogen and oxygen atoms in total. The number of hydrogen-bond donors (Lipinski definition) is 1. The minimum Gasteiger partial charge on any atom is -0.370 e. The van der Waals surface area contributed by atoms with Crippen molar-refractivity contribution in [2.24, 2.45) is 5.10 Å². The molecule has 0 radical (unpaired) electrons. The molecule has 35 heavy (non-hydrogen) atoms. The summed E-state index contributed by atoms with van der Waals surface area (Å²) in [4.78, 5) is 14.5. The molecule has 1 unspecified atom stereocenters. The zero-order valence-electron chi connectivity index (χ0n) is 20.0. The molecule has 2 aromatic carbocycles. The first-order valence-electron chi connectivity index (χ1n) is 12.1. The van der Waals surface area contributed by atoms with Crippen molar-refractivity contribution in [3.63, 3.8) is 0 Å². The van der Waals surface area contributed by atoms with Crippen LogP contribution in [0.3, 0.4) is 0 Å². The van der Waals surface area contributed by atoms with E-state index in [0.29, 0.717) is 12.0 Å². The van der Waals surface area contributed by atoms with E-state index >= 15 is 0 Å². The standard InChI is InChI=1S/C27H29N7S/c1-32(2)22-12-15-33(18-22)21-10-6-9-20(17-21)29-27-30-23-13-16-35-25(23)26(31-27)34-24(11-14-28-34)19-7-4-3-5-8-19/h3-10,13-14,16-17,22,24H,11-12,15,18H2,1-2H3,(H,29,30,31)/t22-,24?/m1/s1. The van der Waals surface area contributed by atoms with Gasteiger partial charge >= 0.3 is 0 Å². The van der Waals surface area contributed by atoms with E-state index in [1.807, 2.05) is 17.3 Å². The number of fused-ring (bicyclic) bond motifs is 1. The summed E-state index contributed by atoms with van der Waals surface area (Å²) in [6.45, 7) is 2.12. The van der Waals surface area contributed by atoms with E-state index in [4.69, 9.17) is 15.1 Å². The first-order chi connectivity index (χ1) is 17.2. The molecule has 4 aromatic rings. The lowest BCUT2D eigenvalue weighted by Crippen LogP contribution is -2.31. The predicted molar refractivity (Wildman–Crippen MR) is 146 cm³/mol. The van der Waals surface area contributed by atoms with Crippen LogP contribution >= 0.6 is 11.3 Å². The average molecular weight is 484 g/mol. The molecule has 178 valence electrons. The quantitative estimate of drug-likeness (QED) is 0.390. The van der Waals surface area contributed by atoms with Gasteiger partial charge in [0, 0.05) is 43.1 Å². The number of benzene rings is 2. The summed E-state index contributed by atoms with van der Waals surface area (Å²) in [7, 11) is 4.32. The average Bonchev–Trinajstić information content (AvgIpc) is 3.65. The largest absolute Gasteiger partial charge is 0.370 e. The third-order valence-corrected chi connectivity index (χ3v) is 7.78. The highest BCUT2D eigenvalue weighted by Crippen LogP contribution is 2.38. The van der Waals surface area contributed by atoms with Crippen molar-refractivity contribution in [2.45, 2.75) is 24.9 Å². The van der Waals surface area contributed by atoms with Crippen LogP contribution in [0, 0.1) is 0 Å². The number of aromatic nitrogens is 2. The summed E-state index contributed by atoms with van der Waals surface area (Å²) < 4.78 is 1.05. The molecule has 4 heterocycles. The lowest BCUT2D eigenvalue weighted by atomic mass is 10.0. The van der Waals surface area contributed by atoms with Crippen LogP contribution in [-0.4, -0.2) is 54.3 Å². The first kappa shape index (κ1) is 22.0. The topological polar surface area (TPSA) is 59.9 Å². The van der Waals surface area contributed by atoms with Crippen LogP contribution in [-0.2, 0) is 0 Å². The van der Waals surface area contributed by atoms with Crippen LogP contribution < -0.4 is 15.2 Å². The van der Waals surface area contributed by atoms with E-state index in [1.54, 1.807) is 11.3 Å². The number of thiophene rings is 1. The van der Waals surface area contributed by atoms with E-state index in [9.17, 15) is 0 Å². The second-order valence-electron chi connectivity index (χ2n) is 9.34. The van der Waals surface area contributed by atoms with E-state index < -0.39 is 0 Å². The molecule has 0 spiro atoms. The van der Waals surface area contributed by atoms with Crippen molar-refractivity contribution >= 4 is 50.9 Å². The maximum atomic E-state index is 4.97. The summed E-state index contributed by atoms with van der Waals surface area (Å²) in [5.41, 5.74) is 4.38. The Bertz CT molecular complexity index is 1350. The molecule has 0 saturated carbocycles. The molecule has 1 N–H and O–H groups in total. The number of nitrogens with zero attached hydrogens (tertiary/aromatic N) is 6. The maximum Gasteiger partial charge on any atom is 0.229 e. The highest BCUT2D eigenvalue weighted by atomic mass is 32.1. The second-order valence-corrected chi connectivity index (χ2v) is 10.3. The zero-order chi connectivity index (χ0) is 23.8. The SMILES string of the molecule is CN(C)[C@@H]1CCN(c2cccc(Nc3nc(N4N=CCC4c4ccccc4)c4sccc4n3)c2)C1. The Morgan fingerprint density at radius 2 is 1.91 bits per heavy atom. The van der Waals surface area contributed by atoms with E-state index in [0.717, 1.165) is 41.2 Å². The Balaban J connectivity index is 1.30. The first-order valence-corrected chi connectivity index (χ1v) is 12.9. The number of nitrogens with one attached hydrogen (secondary N) is 1. The number of hydrazone groups is 1. The fraction of sp³-hybridized carbons (Fsp3) is 0.296. The highest BCUT2D eigenvalue weighted by Gasteiger charge is 2.28. The fourth-order valence-electron chi connectivity index (χ4n) is 4.94. The van der Waals surface area contributed by atoms with Crippen molar-refractivity contribution < 1.29 is 0 Å². The number of rotatable bonds is 6. The summed E-state index contributed by atoms with van der Waals surface area (Å²) in [5.74, 6) is 1.43. The van der Waals surface area contributed by atoms with Crippen molar-refractivity contribution in [2.75, 3.05) is 42.4 Å². The van der Waals surface area contributed by atoms with Gasteiger partial charge in [0.25, 0.3) is 0 Å². The van der Waals surface area contributed by atoms with E-state index in [1.165, 1.54) is 17.7 Å². The normalized spacial score (nSPS) is 19.9. The number of anilines is 4. The molecule has 2 atom stereocenters. The molecular formula is C27H29N7S. The van der Waals surface area contributed by atoms with Crippen LogP contribution in [0.1, 0.15) is 24.4 Å². The van der Waals surface area contributed by atoms with Crippen molar-refractivity contribution in [3.8, 4) is 0 Å². The van der Waals surface area contributed by atoms with Gasteiger partial charge < -0.3 is 15.1 Å². The Hall–Kier alpha value is -3.49. The molecule has 0 bridgehead atoms. The smallest absolute Gasteiger partial charge is 0.229 e. The van der Waals surface area contributed by atoms with Gasteiger partial charge in [-0.25, -0.2) is 9.99 Å². The van der Waals surface area contributed by atoms with Gasteiger partial charge in [-0.2, -0.15) is 10.1 Å². The molecule has 1 fully saturated rings. The maximum absolute atomic E-state index is 4.97. The second kappa shape index (κ2) is 9.28. The van der Waals surface area contributed by atoms with Crippen molar-refractivity contribution in [1.82, 2.24) is 14.9 Å². The van der Waals surface area contributed by atoms with Gasteiger partial charge in [0.1, 0.15) is 0 Å². The Labute approximate surface area is 209 Å². The molecule has 2 aromatic heterocycles. The van der Waals surface area contributed by atoms with Crippen LogP contribution in [0.4, 0.5) is 23.1 Å². The van der Waals surface area contributed by atoms with Gasteiger partial charge in [0.05, 0.1) is 16.3 Å². The third-order valence-electron chi connectivity index (χ3n) is 6.88. The third kappa shape index (κ3) is 4.35. The minimum absolute atomic E-state index is 0.132. The fourth-order valence-corrected chi connectivity index (χ4v) is 5.75. The van der Waals surface area contributed by atoms with E-state index in [-0.39, 0.29) is 6.04 Å². The van der Waals surface area contributed by atoms with Gasteiger partial charge in [-0.1, -0.05) is 36.4 Å².